The molecular weight excluding hydrogens is 244 g/mol. The number of aryl methyl sites for hydroxylation is 2. The van der Waals surface area contributed by atoms with Crippen molar-refractivity contribution >= 4 is 23.0 Å². The summed E-state index contributed by atoms with van der Waals surface area (Å²) in [6.45, 7) is 6.44. The van der Waals surface area contributed by atoms with Gasteiger partial charge in [-0.3, -0.25) is 0 Å². The molecule has 0 aliphatic carbocycles. The normalized spacial score (nSPS) is 12.2. The van der Waals surface area contributed by atoms with E-state index in [9.17, 15) is 0 Å². The topological polar surface area (TPSA) is 49.8 Å². The summed E-state index contributed by atoms with van der Waals surface area (Å²) in [6, 6.07) is 4.39. The molecule has 0 aromatic carbocycles. The summed E-state index contributed by atoms with van der Waals surface area (Å²) in [4.78, 5) is 11.0. The van der Waals surface area contributed by atoms with E-state index < -0.39 is 0 Å². The number of nitrogens with one attached hydrogen (secondary N) is 2. The van der Waals surface area contributed by atoms with Gasteiger partial charge in [0.05, 0.1) is 6.04 Å². The first kappa shape index (κ1) is 12.8. The molecule has 0 aliphatic heterocycles. The minimum Gasteiger partial charge on any atom is -0.373 e. The average molecular weight is 262 g/mol. The second-order valence-electron chi connectivity index (χ2n) is 4.27. The van der Waals surface area contributed by atoms with Crippen molar-refractivity contribution < 1.29 is 0 Å². The molecule has 0 bridgehead atoms. The van der Waals surface area contributed by atoms with Crippen LogP contribution in [0.25, 0.3) is 0 Å². The lowest BCUT2D eigenvalue weighted by molar-refractivity contribution is 0.869. The molecule has 0 saturated heterocycles. The molecule has 2 N–H and O–H groups in total. The van der Waals surface area contributed by atoms with Gasteiger partial charge in [0.1, 0.15) is 18.0 Å². The molecular formula is C13H18N4S. The lowest BCUT2D eigenvalue weighted by Crippen LogP contribution is -2.08. The molecule has 18 heavy (non-hydrogen) atoms. The summed E-state index contributed by atoms with van der Waals surface area (Å²) in [5.41, 5.74) is 1.34. The van der Waals surface area contributed by atoms with Crippen molar-refractivity contribution in [3.8, 4) is 0 Å². The lowest BCUT2D eigenvalue weighted by atomic mass is 10.1. The van der Waals surface area contributed by atoms with Gasteiger partial charge < -0.3 is 10.6 Å². The molecule has 2 heterocycles. The molecule has 0 aliphatic rings. The van der Waals surface area contributed by atoms with Crippen LogP contribution >= 0.6 is 11.3 Å². The fourth-order valence-electron chi connectivity index (χ4n) is 1.95. The van der Waals surface area contributed by atoms with E-state index in [0.29, 0.717) is 0 Å². The highest BCUT2D eigenvalue weighted by Gasteiger charge is 2.11. The van der Waals surface area contributed by atoms with Crippen molar-refractivity contribution in [3.05, 3.63) is 33.8 Å². The van der Waals surface area contributed by atoms with Crippen molar-refractivity contribution in [1.29, 1.82) is 0 Å². The van der Waals surface area contributed by atoms with E-state index in [1.165, 1.54) is 15.3 Å². The Morgan fingerprint density at radius 3 is 2.50 bits per heavy atom. The van der Waals surface area contributed by atoms with Crippen LogP contribution in [0.2, 0.25) is 0 Å². The number of thiophene rings is 1. The van der Waals surface area contributed by atoms with Crippen LogP contribution in [0.5, 0.6) is 0 Å². The molecule has 96 valence electrons. The fraction of sp³-hybridized carbons (Fsp3) is 0.385. The molecule has 0 radical (unpaired) electrons. The third kappa shape index (κ3) is 2.79. The summed E-state index contributed by atoms with van der Waals surface area (Å²) in [7, 11) is 1.85. The minimum absolute atomic E-state index is 0.245. The quantitative estimate of drug-likeness (QED) is 0.887. The Morgan fingerprint density at radius 2 is 1.89 bits per heavy atom. The minimum atomic E-state index is 0.245. The lowest BCUT2D eigenvalue weighted by Gasteiger charge is -2.14. The Kier molecular flexibility index (Phi) is 3.81. The largest absolute Gasteiger partial charge is 0.373 e. The Balaban J connectivity index is 2.15. The van der Waals surface area contributed by atoms with Gasteiger partial charge in [-0.15, -0.1) is 11.3 Å². The third-order valence-corrected chi connectivity index (χ3v) is 3.82. The van der Waals surface area contributed by atoms with E-state index in [1.54, 1.807) is 6.33 Å². The predicted molar refractivity (Wildman–Crippen MR) is 77.4 cm³/mol. The van der Waals surface area contributed by atoms with Gasteiger partial charge in [-0.05, 0) is 32.4 Å². The van der Waals surface area contributed by atoms with E-state index in [1.807, 2.05) is 24.5 Å². The van der Waals surface area contributed by atoms with Crippen molar-refractivity contribution in [2.45, 2.75) is 26.8 Å². The Bertz CT molecular complexity index is 536. The maximum Gasteiger partial charge on any atom is 0.131 e. The van der Waals surface area contributed by atoms with Gasteiger partial charge in [-0.25, -0.2) is 9.97 Å². The highest BCUT2D eigenvalue weighted by atomic mass is 32.1. The maximum absolute atomic E-state index is 4.23. The molecule has 0 fully saturated rings. The number of rotatable bonds is 4. The van der Waals surface area contributed by atoms with E-state index in [0.717, 1.165) is 11.6 Å². The van der Waals surface area contributed by atoms with Crippen LogP contribution in [0, 0.1) is 13.8 Å². The first-order chi connectivity index (χ1) is 8.60. The average Bonchev–Trinajstić information content (AvgIpc) is 2.69. The van der Waals surface area contributed by atoms with Gasteiger partial charge in [0, 0.05) is 22.9 Å². The van der Waals surface area contributed by atoms with Crippen LogP contribution in [0.1, 0.15) is 28.3 Å². The highest BCUT2D eigenvalue weighted by Crippen LogP contribution is 2.28. The van der Waals surface area contributed by atoms with Crippen molar-refractivity contribution in [2.24, 2.45) is 0 Å². The van der Waals surface area contributed by atoms with Gasteiger partial charge >= 0.3 is 0 Å². The second kappa shape index (κ2) is 5.35. The molecule has 2 aromatic heterocycles. The molecule has 2 aromatic rings. The highest BCUT2D eigenvalue weighted by molar-refractivity contribution is 7.12. The van der Waals surface area contributed by atoms with Crippen molar-refractivity contribution in [3.63, 3.8) is 0 Å². The smallest absolute Gasteiger partial charge is 0.131 e. The van der Waals surface area contributed by atoms with Crippen LogP contribution in [0.3, 0.4) is 0 Å². The molecule has 5 heteroatoms. The second-order valence-corrected chi connectivity index (χ2v) is 5.73. The Labute approximate surface area is 111 Å². The summed E-state index contributed by atoms with van der Waals surface area (Å²) >= 11 is 1.83. The predicted octanol–water partition coefficient (Wildman–Crippen LogP) is 3.37. The number of aromatic nitrogens is 2. The van der Waals surface area contributed by atoms with E-state index >= 15 is 0 Å². The van der Waals surface area contributed by atoms with E-state index in [-0.39, 0.29) is 6.04 Å². The van der Waals surface area contributed by atoms with Gasteiger partial charge in [-0.2, -0.15) is 0 Å². The summed E-state index contributed by atoms with van der Waals surface area (Å²) in [6.07, 6.45) is 1.56. The van der Waals surface area contributed by atoms with Crippen LogP contribution in [-0.4, -0.2) is 17.0 Å². The summed E-state index contributed by atoms with van der Waals surface area (Å²) in [5, 5.41) is 6.41. The molecule has 0 spiro atoms. The van der Waals surface area contributed by atoms with Gasteiger partial charge in [0.25, 0.3) is 0 Å². The zero-order valence-electron chi connectivity index (χ0n) is 11.1. The zero-order valence-corrected chi connectivity index (χ0v) is 11.9. The first-order valence-electron chi connectivity index (χ1n) is 5.93. The number of anilines is 2. The molecule has 2 rings (SSSR count). The molecule has 1 atom stereocenters. The van der Waals surface area contributed by atoms with Crippen LogP contribution in [-0.2, 0) is 0 Å². The maximum atomic E-state index is 4.23. The number of nitrogens with zero attached hydrogens (tertiary/aromatic N) is 2. The van der Waals surface area contributed by atoms with Gasteiger partial charge in [-0.1, -0.05) is 0 Å². The van der Waals surface area contributed by atoms with Crippen LogP contribution in [0.15, 0.2) is 18.5 Å². The molecule has 1 unspecified atom stereocenters. The first-order valence-corrected chi connectivity index (χ1v) is 6.75. The Hall–Kier alpha value is -1.62. The molecule has 0 saturated carbocycles. The molecule has 4 nitrogen and oxygen atoms in total. The van der Waals surface area contributed by atoms with Crippen LogP contribution < -0.4 is 10.6 Å². The van der Waals surface area contributed by atoms with E-state index in [2.05, 4.69) is 47.4 Å². The molecule has 0 amide bonds. The summed E-state index contributed by atoms with van der Waals surface area (Å²) < 4.78 is 0. The van der Waals surface area contributed by atoms with Gasteiger partial charge in [0.2, 0.25) is 0 Å². The van der Waals surface area contributed by atoms with Gasteiger partial charge in [0.15, 0.2) is 0 Å². The monoisotopic (exact) mass is 262 g/mol. The SMILES string of the molecule is CNc1cc(NC(C)c2cc(C)sc2C)ncn1. The van der Waals surface area contributed by atoms with Crippen molar-refractivity contribution in [1.82, 2.24) is 9.97 Å². The zero-order chi connectivity index (χ0) is 13.1. The number of hydrogen-bond donors (Lipinski definition) is 2. The van der Waals surface area contributed by atoms with Crippen molar-refractivity contribution in [2.75, 3.05) is 17.7 Å². The van der Waals surface area contributed by atoms with E-state index in [4.69, 9.17) is 0 Å². The summed E-state index contributed by atoms with van der Waals surface area (Å²) in [5.74, 6) is 1.66. The third-order valence-electron chi connectivity index (χ3n) is 2.83. The standard InChI is InChI=1S/C13H18N4S/c1-8-5-11(10(3)18-8)9(2)17-13-6-12(14-4)15-7-16-13/h5-7,9H,1-4H3,(H2,14,15,16,17). The fourth-order valence-corrected chi connectivity index (χ4v) is 2.98. The van der Waals surface area contributed by atoms with Crippen LogP contribution in [0.4, 0.5) is 11.6 Å². The number of hydrogen-bond acceptors (Lipinski definition) is 5. The Morgan fingerprint density at radius 1 is 1.17 bits per heavy atom.